The summed E-state index contributed by atoms with van der Waals surface area (Å²) in [5.41, 5.74) is 0. The van der Waals surface area contributed by atoms with E-state index in [1.807, 2.05) is 18.2 Å². The van der Waals surface area contributed by atoms with E-state index in [4.69, 9.17) is 0 Å². The smallest absolute Gasteiger partial charge is 0.107 e. The number of hydrogen-bond acceptors (Lipinski definition) is 2. The van der Waals surface area contributed by atoms with Crippen molar-refractivity contribution in [1.82, 2.24) is 4.98 Å². The largest absolute Gasteiger partial charge is 0.235 e. The van der Waals surface area contributed by atoms with Crippen LogP contribution in [-0.4, -0.2) is 10.7 Å². The fourth-order valence-electron chi connectivity index (χ4n) is 0.618. The summed E-state index contributed by atoms with van der Waals surface area (Å²) < 4.78 is 0.908. The maximum Gasteiger partial charge on any atom is 0.107 e. The number of pyridine rings is 1. The highest BCUT2D eigenvalue weighted by Crippen LogP contribution is 2.16. The third-order valence-corrected chi connectivity index (χ3v) is 2.24. The van der Waals surface area contributed by atoms with Crippen LogP contribution in [-0.2, 0) is 0 Å². The van der Waals surface area contributed by atoms with Crippen molar-refractivity contribution < 1.29 is 0 Å². The van der Waals surface area contributed by atoms with Crippen LogP contribution in [0.1, 0.15) is 6.92 Å². The van der Waals surface area contributed by atoms with Gasteiger partial charge in [-0.2, -0.15) is 0 Å². The molecule has 0 radical (unpaired) electrons. The zero-order valence-corrected chi connectivity index (χ0v) is 8.08. The molecule has 0 aliphatic carbocycles. The van der Waals surface area contributed by atoms with Crippen molar-refractivity contribution in [3.05, 3.63) is 22.8 Å². The van der Waals surface area contributed by atoms with Crippen LogP contribution in [0.15, 0.2) is 27.8 Å². The Morgan fingerprint density at radius 1 is 1.60 bits per heavy atom. The van der Waals surface area contributed by atoms with Crippen molar-refractivity contribution in [2.45, 2.75) is 11.9 Å². The van der Waals surface area contributed by atoms with Gasteiger partial charge in [-0.05, 0) is 33.8 Å². The Labute approximate surface area is 73.4 Å². The molecule has 0 aromatic carbocycles. The van der Waals surface area contributed by atoms with Gasteiger partial charge in [-0.1, -0.05) is 13.0 Å². The van der Waals surface area contributed by atoms with Gasteiger partial charge in [0.25, 0.3) is 0 Å². The second-order valence-electron chi connectivity index (χ2n) is 1.73. The number of hydrogen-bond donors (Lipinski definition) is 0. The summed E-state index contributed by atoms with van der Waals surface area (Å²) in [4.78, 5) is 4.24. The Morgan fingerprint density at radius 2 is 2.40 bits per heavy atom. The van der Waals surface area contributed by atoms with Crippen LogP contribution >= 0.6 is 27.7 Å². The van der Waals surface area contributed by atoms with Crippen molar-refractivity contribution in [2.75, 3.05) is 5.75 Å². The van der Waals surface area contributed by atoms with Crippen LogP contribution in [0.2, 0.25) is 0 Å². The second kappa shape index (κ2) is 3.98. The van der Waals surface area contributed by atoms with E-state index in [9.17, 15) is 0 Å². The quantitative estimate of drug-likeness (QED) is 0.559. The summed E-state index contributed by atoms with van der Waals surface area (Å²) in [6.07, 6.45) is 0. The molecule has 0 saturated carbocycles. The van der Waals surface area contributed by atoms with E-state index < -0.39 is 0 Å². The zero-order valence-electron chi connectivity index (χ0n) is 5.67. The van der Waals surface area contributed by atoms with Gasteiger partial charge in [-0.15, -0.1) is 11.8 Å². The van der Waals surface area contributed by atoms with E-state index in [0.717, 1.165) is 15.4 Å². The summed E-state index contributed by atoms with van der Waals surface area (Å²) >= 11 is 5.06. The van der Waals surface area contributed by atoms with E-state index in [1.54, 1.807) is 11.8 Å². The summed E-state index contributed by atoms with van der Waals surface area (Å²) in [5.74, 6) is 1.07. The molecule has 54 valence electrons. The van der Waals surface area contributed by atoms with Crippen molar-refractivity contribution in [2.24, 2.45) is 0 Å². The Hall–Kier alpha value is -0.0200. The number of aromatic nitrogens is 1. The van der Waals surface area contributed by atoms with Gasteiger partial charge in [0.05, 0.1) is 5.03 Å². The van der Waals surface area contributed by atoms with Gasteiger partial charge in [-0.25, -0.2) is 4.98 Å². The molecule has 1 nitrogen and oxygen atoms in total. The van der Waals surface area contributed by atoms with Crippen LogP contribution in [0.5, 0.6) is 0 Å². The SMILES string of the molecule is CCSc1cccc(Br)n1. The monoisotopic (exact) mass is 217 g/mol. The van der Waals surface area contributed by atoms with E-state index in [1.165, 1.54) is 0 Å². The fourth-order valence-corrected chi connectivity index (χ4v) is 1.71. The van der Waals surface area contributed by atoms with E-state index in [2.05, 4.69) is 27.8 Å². The molecule has 1 aromatic rings. The molecule has 1 aromatic heterocycles. The van der Waals surface area contributed by atoms with Crippen LogP contribution < -0.4 is 0 Å². The molecule has 1 heterocycles. The first-order chi connectivity index (χ1) is 4.83. The topological polar surface area (TPSA) is 12.9 Å². The highest BCUT2D eigenvalue weighted by molar-refractivity contribution is 9.10. The summed E-state index contributed by atoms with van der Waals surface area (Å²) in [6.45, 7) is 2.12. The molecule has 3 heteroatoms. The molecule has 0 bridgehead atoms. The third-order valence-electron chi connectivity index (χ3n) is 0.982. The van der Waals surface area contributed by atoms with Crippen LogP contribution in [0.3, 0.4) is 0 Å². The van der Waals surface area contributed by atoms with Crippen LogP contribution in [0, 0.1) is 0 Å². The van der Waals surface area contributed by atoms with Gasteiger partial charge < -0.3 is 0 Å². The van der Waals surface area contributed by atoms with Crippen molar-refractivity contribution in [1.29, 1.82) is 0 Å². The first-order valence-electron chi connectivity index (χ1n) is 3.08. The predicted octanol–water partition coefficient (Wildman–Crippen LogP) is 2.96. The van der Waals surface area contributed by atoms with Crippen molar-refractivity contribution >= 4 is 27.7 Å². The highest BCUT2D eigenvalue weighted by Gasteiger charge is 1.92. The summed E-state index contributed by atoms with van der Waals surface area (Å²) in [7, 11) is 0. The van der Waals surface area contributed by atoms with Crippen molar-refractivity contribution in [3.63, 3.8) is 0 Å². The molecule has 0 atom stereocenters. The van der Waals surface area contributed by atoms with Crippen LogP contribution in [0.25, 0.3) is 0 Å². The normalized spacial score (nSPS) is 9.80. The van der Waals surface area contributed by atoms with Crippen LogP contribution in [0.4, 0.5) is 0 Å². The standard InChI is InChI=1S/C7H8BrNS/c1-2-10-7-5-3-4-6(8)9-7/h3-5H,2H2,1H3. The molecule has 0 unspecified atom stereocenters. The molecule has 0 N–H and O–H groups in total. The van der Waals surface area contributed by atoms with E-state index >= 15 is 0 Å². The Bertz CT molecular complexity index is 215. The van der Waals surface area contributed by atoms with Gasteiger partial charge in [0.1, 0.15) is 4.60 Å². The van der Waals surface area contributed by atoms with Gasteiger partial charge >= 0.3 is 0 Å². The lowest BCUT2D eigenvalue weighted by Gasteiger charge is -1.95. The summed E-state index contributed by atoms with van der Waals surface area (Å²) in [5, 5.41) is 1.08. The molecule has 0 amide bonds. The molecule has 0 aliphatic rings. The molecular weight excluding hydrogens is 210 g/mol. The molecule has 0 saturated heterocycles. The minimum Gasteiger partial charge on any atom is -0.235 e. The van der Waals surface area contributed by atoms with E-state index in [-0.39, 0.29) is 0 Å². The number of rotatable bonds is 2. The van der Waals surface area contributed by atoms with E-state index in [0.29, 0.717) is 0 Å². The maximum absolute atomic E-state index is 4.24. The average Bonchev–Trinajstić information content (AvgIpc) is 1.88. The lowest BCUT2D eigenvalue weighted by molar-refractivity contribution is 1.10. The maximum atomic E-state index is 4.24. The number of thioether (sulfide) groups is 1. The lowest BCUT2D eigenvalue weighted by atomic mass is 10.5. The highest BCUT2D eigenvalue weighted by atomic mass is 79.9. The second-order valence-corrected chi connectivity index (χ2v) is 3.83. The first-order valence-corrected chi connectivity index (χ1v) is 4.86. The lowest BCUT2D eigenvalue weighted by Crippen LogP contribution is -1.79. The minimum atomic E-state index is 0.908. The average molecular weight is 218 g/mol. The van der Waals surface area contributed by atoms with Gasteiger partial charge in [0.2, 0.25) is 0 Å². The molecular formula is C7H8BrNS. The Kier molecular flexibility index (Phi) is 3.22. The van der Waals surface area contributed by atoms with Crippen molar-refractivity contribution in [3.8, 4) is 0 Å². The van der Waals surface area contributed by atoms with Gasteiger partial charge in [0.15, 0.2) is 0 Å². The zero-order chi connectivity index (χ0) is 7.40. The molecule has 1 rings (SSSR count). The Balaban J connectivity index is 2.75. The first kappa shape index (κ1) is 8.08. The molecule has 0 aliphatic heterocycles. The van der Waals surface area contributed by atoms with Gasteiger partial charge in [-0.3, -0.25) is 0 Å². The molecule has 0 fully saturated rings. The fraction of sp³-hybridized carbons (Fsp3) is 0.286. The van der Waals surface area contributed by atoms with Gasteiger partial charge in [0, 0.05) is 0 Å². The molecule has 10 heavy (non-hydrogen) atoms. The summed E-state index contributed by atoms with van der Waals surface area (Å²) in [6, 6.07) is 5.94. The predicted molar refractivity (Wildman–Crippen MR) is 48.3 cm³/mol. The number of nitrogens with zero attached hydrogens (tertiary/aromatic N) is 1. The number of halogens is 1. The Morgan fingerprint density at radius 3 is 3.00 bits per heavy atom. The third kappa shape index (κ3) is 2.31. The minimum absolute atomic E-state index is 0.908. The molecule has 0 spiro atoms.